The SMILES string of the molecule is CCc1c(C(=O)Nc2nc(C)cs2)cnn1-c1cccc(Cl)c1. The van der Waals surface area contributed by atoms with Crippen molar-refractivity contribution in [1.82, 2.24) is 14.8 Å². The molecule has 1 aromatic carbocycles. The summed E-state index contributed by atoms with van der Waals surface area (Å²) >= 11 is 7.45. The van der Waals surface area contributed by atoms with Crippen LogP contribution in [-0.4, -0.2) is 20.7 Å². The van der Waals surface area contributed by atoms with Gasteiger partial charge in [0.25, 0.3) is 5.91 Å². The van der Waals surface area contributed by atoms with Crippen LogP contribution < -0.4 is 5.32 Å². The van der Waals surface area contributed by atoms with E-state index in [2.05, 4.69) is 15.4 Å². The maximum atomic E-state index is 12.5. The molecule has 0 bridgehead atoms. The number of carbonyl (C=O) groups excluding carboxylic acids is 1. The van der Waals surface area contributed by atoms with Crippen molar-refractivity contribution in [2.45, 2.75) is 20.3 Å². The lowest BCUT2D eigenvalue weighted by molar-refractivity contribution is 0.102. The fourth-order valence-electron chi connectivity index (χ4n) is 2.31. The molecule has 3 aromatic rings. The zero-order valence-electron chi connectivity index (χ0n) is 12.7. The summed E-state index contributed by atoms with van der Waals surface area (Å²) in [4.78, 5) is 16.7. The standard InChI is InChI=1S/C16H15ClN4OS/c1-3-14-13(15(22)20-16-19-10(2)9-23-16)8-18-21(14)12-6-4-5-11(17)7-12/h4-9H,3H2,1-2H3,(H,19,20,22). The van der Waals surface area contributed by atoms with Crippen molar-refractivity contribution in [1.29, 1.82) is 0 Å². The molecule has 0 fully saturated rings. The van der Waals surface area contributed by atoms with Gasteiger partial charge in [0, 0.05) is 10.4 Å². The number of halogens is 1. The minimum Gasteiger partial charge on any atom is -0.298 e. The molecule has 2 aromatic heterocycles. The fourth-order valence-corrected chi connectivity index (χ4v) is 3.18. The van der Waals surface area contributed by atoms with Crippen LogP contribution in [0.3, 0.4) is 0 Å². The summed E-state index contributed by atoms with van der Waals surface area (Å²) in [5.41, 5.74) is 3.09. The molecule has 23 heavy (non-hydrogen) atoms. The fraction of sp³-hybridized carbons (Fsp3) is 0.188. The number of hydrogen-bond donors (Lipinski definition) is 1. The molecule has 0 aliphatic rings. The third-order valence-electron chi connectivity index (χ3n) is 3.34. The molecule has 7 heteroatoms. The first kappa shape index (κ1) is 15.7. The molecule has 0 aliphatic heterocycles. The Balaban J connectivity index is 1.93. The van der Waals surface area contributed by atoms with E-state index in [9.17, 15) is 4.79 Å². The van der Waals surface area contributed by atoms with Gasteiger partial charge in [-0.1, -0.05) is 24.6 Å². The Morgan fingerprint density at radius 2 is 2.26 bits per heavy atom. The molecular weight excluding hydrogens is 332 g/mol. The average Bonchev–Trinajstić information content (AvgIpc) is 3.13. The van der Waals surface area contributed by atoms with Crippen molar-refractivity contribution < 1.29 is 4.79 Å². The van der Waals surface area contributed by atoms with E-state index in [0.29, 0.717) is 22.1 Å². The van der Waals surface area contributed by atoms with Gasteiger partial charge in [0.15, 0.2) is 5.13 Å². The minimum atomic E-state index is -0.204. The maximum Gasteiger partial charge on any atom is 0.260 e. The maximum absolute atomic E-state index is 12.5. The van der Waals surface area contributed by atoms with Gasteiger partial charge in [-0.05, 0) is 31.5 Å². The topological polar surface area (TPSA) is 59.8 Å². The predicted octanol–water partition coefficient (Wildman–Crippen LogP) is 4.11. The molecule has 0 saturated carbocycles. The number of nitrogens with zero attached hydrogens (tertiary/aromatic N) is 3. The van der Waals surface area contributed by atoms with E-state index in [1.54, 1.807) is 16.9 Å². The lowest BCUT2D eigenvalue weighted by Gasteiger charge is -2.08. The Labute approximate surface area is 142 Å². The lowest BCUT2D eigenvalue weighted by Crippen LogP contribution is -2.14. The molecule has 0 spiro atoms. The highest BCUT2D eigenvalue weighted by Gasteiger charge is 2.18. The third-order valence-corrected chi connectivity index (χ3v) is 4.45. The number of rotatable bonds is 4. The molecule has 118 valence electrons. The van der Waals surface area contributed by atoms with Gasteiger partial charge in [-0.2, -0.15) is 5.10 Å². The molecule has 3 rings (SSSR count). The molecule has 1 amide bonds. The highest BCUT2D eigenvalue weighted by Crippen LogP contribution is 2.21. The van der Waals surface area contributed by atoms with E-state index in [1.165, 1.54) is 11.3 Å². The van der Waals surface area contributed by atoms with Crippen LogP contribution in [0.5, 0.6) is 0 Å². The smallest absolute Gasteiger partial charge is 0.260 e. The van der Waals surface area contributed by atoms with Crippen LogP contribution >= 0.6 is 22.9 Å². The van der Waals surface area contributed by atoms with Gasteiger partial charge in [0.05, 0.1) is 28.8 Å². The highest BCUT2D eigenvalue weighted by molar-refractivity contribution is 7.13. The Bertz CT molecular complexity index is 855. The van der Waals surface area contributed by atoms with E-state index in [4.69, 9.17) is 11.6 Å². The second-order valence-corrected chi connectivity index (χ2v) is 6.29. The van der Waals surface area contributed by atoms with E-state index in [-0.39, 0.29) is 5.91 Å². The number of amides is 1. The van der Waals surface area contributed by atoms with Crippen LogP contribution in [0, 0.1) is 6.92 Å². The first-order valence-corrected chi connectivity index (χ1v) is 8.40. The zero-order chi connectivity index (χ0) is 16.4. The lowest BCUT2D eigenvalue weighted by atomic mass is 10.2. The number of nitrogens with one attached hydrogen (secondary N) is 1. The number of aryl methyl sites for hydroxylation is 1. The average molecular weight is 347 g/mol. The van der Waals surface area contributed by atoms with E-state index >= 15 is 0 Å². The molecule has 1 N–H and O–H groups in total. The van der Waals surface area contributed by atoms with Crippen LogP contribution in [-0.2, 0) is 6.42 Å². The largest absolute Gasteiger partial charge is 0.298 e. The number of carbonyl (C=O) groups is 1. The quantitative estimate of drug-likeness (QED) is 0.773. The van der Waals surface area contributed by atoms with Crippen molar-refractivity contribution in [2.24, 2.45) is 0 Å². The van der Waals surface area contributed by atoms with E-state index < -0.39 is 0 Å². The summed E-state index contributed by atoms with van der Waals surface area (Å²) in [6.07, 6.45) is 2.25. The monoisotopic (exact) mass is 346 g/mol. The van der Waals surface area contributed by atoms with Crippen LogP contribution in [0.2, 0.25) is 5.02 Å². The summed E-state index contributed by atoms with van der Waals surface area (Å²) in [6, 6.07) is 7.39. The number of aromatic nitrogens is 3. The highest BCUT2D eigenvalue weighted by atomic mass is 35.5. The van der Waals surface area contributed by atoms with Gasteiger partial charge in [-0.15, -0.1) is 11.3 Å². The predicted molar refractivity (Wildman–Crippen MR) is 92.8 cm³/mol. The summed E-state index contributed by atoms with van der Waals surface area (Å²) in [6.45, 7) is 3.88. The second kappa shape index (κ2) is 6.52. The summed E-state index contributed by atoms with van der Waals surface area (Å²) < 4.78 is 1.74. The minimum absolute atomic E-state index is 0.204. The normalized spacial score (nSPS) is 10.7. The third kappa shape index (κ3) is 3.28. The Morgan fingerprint density at radius 3 is 2.91 bits per heavy atom. The van der Waals surface area contributed by atoms with E-state index in [1.807, 2.05) is 37.4 Å². The van der Waals surface area contributed by atoms with Crippen LogP contribution in [0.25, 0.3) is 5.69 Å². The first-order valence-electron chi connectivity index (χ1n) is 7.14. The molecule has 0 aliphatic carbocycles. The number of thiazole rings is 1. The molecule has 5 nitrogen and oxygen atoms in total. The molecule has 0 radical (unpaired) electrons. The zero-order valence-corrected chi connectivity index (χ0v) is 14.3. The van der Waals surface area contributed by atoms with Crippen LogP contribution in [0.4, 0.5) is 5.13 Å². The number of benzene rings is 1. The second-order valence-electron chi connectivity index (χ2n) is 5.00. The summed E-state index contributed by atoms with van der Waals surface area (Å²) in [5.74, 6) is -0.204. The van der Waals surface area contributed by atoms with Gasteiger partial charge in [-0.3, -0.25) is 10.1 Å². The van der Waals surface area contributed by atoms with Crippen molar-refractivity contribution in [2.75, 3.05) is 5.32 Å². The molecule has 0 atom stereocenters. The molecule has 0 saturated heterocycles. The Hall–Kier alpha value is -2.18. The Kier molecular flexibility index (Phi) is 4.45. The van der Waals surface area contributed by atoms with Crippen LogP contribution in [0.15, 0.2) is 35.8 Å². The van der Waals surface area contributed by atoms with Crippen molar-refractivity contribution in [3.05, 3.63) is 57.8 Å². The molecule has 0 unspecified atom stereocenters. The van der Waals surface area contributed by atoms with Crippen molar-refractivity contribution in [3.8, 4) is 5.69 Å². The van der Waals surface area contributed by atoms with Gasteiger partial charge >= 0.3 is 0 Å². The summed E-state index contributed by atoms with van der Waals surface area (Å²) in [5, 5.41) is 10.3. The number of anilines is 1. The van der Waals surface area contributed by atoms with E-state index in [0.717, 1.165) is 17.1 Å². The van der Waals surface area contributed by atoms with Crippen LogP contribution in [0.1, 0.15) is 28.7 Å². The first-order chi connectivity index (χ1) is 11.1. The molecular formula is C16H15ClN4OS. The molecule has 2 heterocycles. The van der Waals surface area contributed by atoms with Crippen molar-refractivity contribution >= 4 is 34.0 Å². The number of hydrogen-bond acceptors (Lipinski definition) is 4. The van der Waals surface area contributed by atoms with Gasteiger partial charge in [0.2, 0.25) is 0 Å². The van der Waals surface area contributed by atoms with Gasteiger partial charge in [0.1, 0.15) is 0 Å². The van der Waals surface area contributed by atoms with Crippen molar-refractivity contribution in [3.63, 3.8) is 0 Å². The Morgan fingerprint density at radius 1 is 1.43 bits per heavy atom. The van der Waals surface area contributed by atoms with Gasteiger partial charge in [-0.25, -0.2) is 9.67 Å². The van der Waals surface area contributed by atoms with Gasteiger partial charge < -0.3 is 0 Å². The summed E-state index contributed by atoms with van der Waals surface area (Å²) in [7, 11) is 0.